The first-order chi connectivity index (χ1) is 9.29. The van der Waals surface area contributed by atoms with Crippen LogP contribution in [0.3, 0.4) is 0 Å². The van der Waals surface area contributed by atoms with Crippen molar-refractivity contribution in [1.82, 2.24) is 5.32 Å². The minimum atomic E-state index is -4.42. The predicted molar refractivity (Wildman–Crippen MR) is 75.3 cm³/mol. The van der Waals surface area contributed by atoms with Gasteiger partial charge in [-0.1, -0.05) is 25.4 Å². The van der Waals surface area contributed by atoms with E-state index in [1.165, 1.54) is 6.07 Å². The number of halogens is 4. The zero-order valence-corrected chi connectivity index (χ0v) is 12.2. The van der Waals surface area contributed by atoms with E-state index in [1.807, 2.05) is 4.90 Å². The lowest BCUT2D eigenvalue weighted by atomic mass is 10.0. The molecule has 0 saturated carbocycles. The van der Waals surface area contributed by atoms with Gasteiger partial charge in [-0.2, -0.15) is 13.2 Å². The quantitative estimate of drug-likeness (QED) is 0.894. The third-order valence-electron chi connectivity index (χ3n) is 3.63. The van der Waals surface area contributed by atoms with Crippen molar-refractivity contribution in [3.63, 3.8) is 0 Å². The summed E-state index contributed by atoms with van der Waals surface area (Å²) in [5, 5.41) is 3.13. The first-order valence-electron chi connectivity index (χ1n) is 6.64. The average Bonchev–Trinajstić information content (AvgIpc) is 2.38. The van der Waals surface area contributed by atoms with E-state index in [9.17, 15) is 13.2 Å². The van der Waals surface area contributed by atoms with E-state index in [0.717, 1.165) is 12.6 Å². The van der Waals surface area contributed by atoms with Crippen LogP contribution in [0.5, 0.6) is 0 Å². The van der Waals surface area contributed by atoms with Gasteiger partial charge in [-0.15, -0.1) is 0 Å². The lowest BCUT2D eigenvalue weighted by Crippen LogP contribution is -2.53. The van der Waals surface area contributed by atoms with Crippen LogP contribution in [0.15, 0.2) is 18.2 Å². The average molecular weight is 307 g/mol. The van der Waals surface area contributed by atoms with Gasteiger partial charge in [0.1, 0.15) is 0 Å². The van der Waals surface area contributed by atoms with E-state index in [2.05, 4.69) is 19.2 Å². The fourth-order valence-corrected chi connectivity index (χ4v) is 2.61. The van der Waals surface area contributed by atoms with Gasteiger partial charge in [-0.05, 0) is 24.1 Å². The van der Waals surface area contributed by atoms with Crippen LogP contribution in [0.4, 0.5) is 18.9 Å². The number of hydrogen-bond donors (Lipinski definition) is 1. The van der Waals surface area contributed by atoms with Gasteiger partial charge in [-0.25, -0.2) is 0 Å². The molecule has 1 fully saturated rings. The van der Waals surface area contributed by atoms with Crippen molar-refractivity contribution in [2.45, 2.75) is 26.1 Å². The van der Waals surface area contributed by atoms with E-state index in [1.54, 1.807) is 6.07 Å². The molecular formula is C14H18ClF3N2. The standard InChI is InChI=1S/C14H18ClF3N2/c1-9(2)13-8-20(6-5-19-13)10-3-4-12(15)11(7-10)14(16,17)18/h3-4,7,9,13,19H,5-6,8H2,1-2H3. The molecule has 6 heteroatoms. The monoisotopic (exact) mass is 306 g/mol. The molecule has 0 spiro atoms. The number of rotatable bonds is 2. The highest BCUT2D eigenvalue weighted by molar-refractivity contribution is 6.31. The summed E-state index contributed by atoms with van der Waals surface area (Å²) in [6.07, 6.45) is -4.42. The summed E-state index contributed by atoms with van der Waals surface area (Å²) in [5.74, 6) is 0.437. The molecule has 20 heavy (non-hydrogen) atoms. The third-order valence-corrected chi connectivity index (χ3v) is 3.96. The van der Waals surface area contributed by atoms with E-state index in [-0.39, 0.29) is 11.1 Å². The summed E-state index contributed by atoms with van der Waals surface area (Å²) in [6, 6.07) is 4.41. The maximum atomic E-state index is 12.9. The lowest BCUT2D eigenvalue weighted by molar-refractivity contribution is -0.137. The highest BCUT2D eigenvalue weighted by atomic mass is 35.5. The highest BCUT2D eigenvalue weighted by Crippen LogP contribution is 2.37. The molecule has 1 aromatic carbocycles. The minimum Gasteiger partial charge on any atom is -0.369 e. The van der Waals surface area contributed by atoms with Gasteiger partial charge in [0.15, 0.2) is 0 Å². The molecule has 2 rings (SSSR count). The lowest BCUT2D eigenvalue weighted by Gasteiger charge is -2.37. The van der Waals surface area contributed by atoms with Crippen molar-refractivity contribution in [3.8, 4) is 0 Å². The van der Waals surface area contributed by atoms with Gasteiger partial charge in [0.25, 0.3) is 0 Å². The molecular weight excluding hydrogens is 289 g/mol. The topological polar surface area (TPSA) is 15.3 Å². The molecule has 112 valence electrons. The largest absolute Gasteiger partial charge is 0.417 e. The van der Waals surface area contributed by atoms with Crippen LogP contribution in [-0.4, -0.2) is 25.7 Å². The summed E-state index contributed by atoms with van der Waals surface area (Å²) in [4.78, 5) is 1.98. The summed E-state index contributed by atoms with van der Waals surface area (Å²) in [7, 11) is 0. The molecule has 1 N–H and O–H groups in total. The Labute approximate surface area is 121 Å². The number of alkyl halides is 3. The zero-order chi connectivity index (χ0) is 14.9. The summed E-state index contributed by atoms with van der Waals surface area (Å²) < 4.78 is 38.7. The minimum absolute atomic E-state index is 0.253. The SMILES string of the molecule is CC(C)C1CN(c2ccc(Cl)c(C(F)(F)F)c2)CCN1. The predicted octanol–water partition coefficient (Wildman–Crippen LogP) is 3.79. The first-order valence-corrected chi connectivity index (χ1v) is 7.02. The number of hydrogen-bond acceptors (Lipinski definition) is 2. The number of anilines is 1. The van der Waals surface area contributed by atoms with Gasteiger partial charge in [-0.3, -0.25) is 0 Å². The molecule has 0 radical (unpaired) electrons. The van der Waals surface area contributed by atoms with Crippen molar-refractivity contribution >= 4 is 17.3 Å². The number of piperazine rings is 1. The Morgan fingerprint density at radius 1 is 1.35 bits per heavy atom. The molecule has 1 atom stereocenters. The Morgan fingerprint density at radius 3 is 2.65 bits per heavy atom. The molecule has 0 amide bonds. The van der Waals surface area contributed by atoms with Crippen LogP contribution >= 0.6 is 11.6 Å². The summed E-state index contributed by atoms with van der Waals surface area (Å²) in [6.45, 7) is 6.37. The molecule has 1 aliphatic heterocycles. The molecule has 1 aromatic rings. The zero-order valence-electron chi connectivity index (χ0n) is 11.5. The van der Waals surface area contributed by atoms with Gasteiger partial charge in [0.05, 0.1) is 10.6 Å². The Kier molecular flexibility index (Phi) is 4.49. The molecule has 0 aromatic heterocycles. The Bertz CT molecular complexity index is 474. The molecule has 0 aliphatic carbocycles. The Morgan fingerprint density at radius 2 is 2.05 bits per heavy atom. The Balaban J connectivity index is 2.25. The summed E-state index contributed by atoms with van der Waals surface area (Å²) in [5.41, 5.74) is -0.190. The Hall–Kier alpha value is -0.940. The fourth-order valence-electron chi connectivity index (χ4n) is 2.39. The van der Waals surface area contributed by atoms with Crippen molar-refractivity contribution < 1.29 is 13.2 Å². The molecule has 1 saturated heterocycles. The molecule has 1 aliphatic rings. The molecule has 0 bridgehead atoms. The van der Waals surface area contributed by atoms with Gasteiger partial charge < -0.3 is 10.2 Å². The second-order valence-electron chi connectivity index (χ2n) is 5.41. The second-order valence-corrected chi connectivity index (χ2v) is 5.82. The maximum absolute atomic E-state index is 12.9. The van der Waals surface area contributed by atoms with Gasteiger partial charge in [0, 0.05) is 31.4 Å². The van der Waals surface area contributed by atoms with E-state index in [0.29, 0.717) is 24.7 Å². The van der Waals surface area contributed by atoms with Crippen LogP contribution in [0, 0.1) is 5.92 Å². The van der Waals surface area contributed by atoms with Crippen LogP contribution < -0.4 is 10.2 Å². The van der Waals surface area contributed by atoms with E-state index in [4.69, 9.17) is 11.6 Å². The van der Waals surface area contributed by atoms with Crippen LogP contribution in [0.2, 0.25) is 5.02 Å². The second kappa shape index (κ2) is 5.82. The van der Waals surface area contributed by atoms with Crippen LogP contribution in [0.25, 0.3) is 0 Å². The number of nitrogens with zero attached hydrogens (tertiary/aromatic N) is 1. The van der Waals surface area contributed by atoms with E-state index < -0.39 is 11.7 Å². The third kappa shape index (κ3) is 3.38. The van der Waals surface area contributed by atoms with Crippen LogP contribution in [0.1, 0.15) is 19.4 Å². The number of nitrogens with one attached hydrogen (secondary N) is 1. The number of benzene rings is 1. The normalized spacial score (nSPS) is 20.6. The smallest absolute Gasteiger partial charge is 0.369 e. The highest BCUT2D eigenvalue weighted by Gasteiger charge is 2.34. The molecule has 1 unspecified atom stereocenters. The van der Waals surface area contributed by atoms with Gasteiger partial charge in [0.2, 0.25) is 0 Å². The van der Waals surface area contributed by atoms with E-state index >= 15 is 0 Å². The fraction of sp³-hybridized carbons (Fsp3) is 0.571. The van der Waals surface area contributed by atoms with Crippen LogP contribution in [-0.2, 0) is 6.18 Å². The van der Waals surface area contributed by atoms with Crippen molar-refractivity contribution in [2.75, 3.05) is 24.5 Å². The first kappa shape index (κ1) is 15.4. The molecule has 2 nitrogen and oxygen atoms in total. The summed E-state index contributed by atoms with van der Waals surface area (Å²) >= 11 is 5.65. The van der Waals surface area contributed by atoms with Crippen molar-refractivity contribution in [1.29, 1.82) is 0 Å². The van der Waals surface area contributed by atoms with Crippen molar-refractivity contribution in [3.05, 3.63) is 28.8 Å². The molecule has 1 heterocycles. The van der Waals surface area contributed by atoms with Gasteiger partial charge >= 0.3 is 6.18 Å². The van der Waals surface area contributed by atoms with Crippen molar-refractivity contribution in [2.24, 2.45) is 5.92 Å². The maximum Gasteiger partial charge on any atom is 0.417 e.